The summed E-state index contributed by atoms with van der Waals surface area (Å²) in [6.45, 7) is 4.07. The molecule has 0 rings (SSSR count). The van der Waals surface area contributed by atoms with Crippen LogP contribution in [0.25, 0.3) is 0 Å². The van der Waals surface area contributed by atoms with Crippen LogP contribution < -0.4 is 0 Å². The van der Waals surface area contributed by atoms with Gasteiger partial charge >= 0.3 is 0 Å². The molecule has 0 aliphatic carbocycles. The molecule has 0 bridgehead atoms. The molecule has 0 aromatic rings. The summed E-state index contributed by atoms with van der Waals surface area (Å²) in [6, 6.07) is 0. The van der Waals surface area contributed by atoms with Crippen LogP contribution >= 0.6 is 0 Å². The number of Topliss-reactive ketones (excluding diaryl/α,β-unsaturated/α-hetero) is 1. The zero-order valence-electron chi connectivity index (χ0n) is 9.89. The molecule has 0 aliphatic heterocycles. The van der Waals surface area contributed by atoms with Gasteiger partial charge in [0.05, 0.1) is 0 Å². The third-order valence-electron chi connectivity index (χ3n) is 1.45. The third-order valence-corrected chi connectivity index (χ3v) is 1.45. The van der Waals surface area contributed by atoms with Crippen molar-refractivity contribution in [2.24, 2.45) is 0 Å². The minimum absolute atomic E-state index is 0.406. The molecule has 13 heavy (non-hydrogen) atoms. The molecule has 0 saturated carbocycles. The first-order valence-electron chi connectivity index (χ1n) is 5.17. The monoisotopic (exact) mass is 187 g/mol. The van der Waals surface area contributed by atoms with E-state index in [4.69, 9.17) is 0 Å². The Labute approximate surface area is 83.3 Å². The van der Waals surface area contributed by atoms with Crippen molar-refractivity contribution in [3.63, 3.8) is 0 Å². The molecular formula is C11H25NO. The van der Waals surface area contributed by atoms with E-state index in [0.717, 1.165) is 12.8 Å². The zero-order valence-corrected chi connectivity index (χ0v) is 9.89. The highest BCUT2D eigenvalue weighted by molar-refractivity contribution is 5.77. The Balaban J connectivity index is 0. The minimum atomic E-state index is 0.406. The Hall–Kier alpha value is -0.370. The molecule has 2 nitrogen and oxygen atoms in total. The number of hydrogen-bond donors (Lipinski definition) is 0. The lowest BCUT2D eigenvalue weighted by Crippen LogP contribution is -1.99. The summed E-state index contributed by atoms with van der Waals surface area (Å²) in [5.41, 5.74) is 0. The average Bonchev–Trinajstić information content (AvgIpc) is 2.03. The van der Waals surface area contributed by atoms with E-state index >= 15 is 0 Å². The third kappa shape index (κ3) is 24.5. The van der Waals surface area contributed by atoms with Gasteiger partial charge in [0.1, 0.15) is 5.78 Å². The minimum Gasteiger partial charge on any atom is -0.312 e. The molecule has 0 amide bonds. The predicted octanol–water partition coefficient (Wildman–Crippen LogP) is 2.72. The topological polar surface area (TPSA) is 20.3 Å². The summed E-state index contributed by atoms with van der Waals surface area (Å²) in [5.74, 6) is 0.406. The molecule has 0 aromatic carbocycles. The summed E-state index contributed by atoms with van der Waals surface area (Å²) >= 11 is 0. The van der Waals surface area contributed by atoms with Gasteiger partial charge in [0.25, 0.3) is 0 Å². The van der Waals surface area contributed by atoms with Crippen LogP contribution in [0.15, 0.2) is 0 Å². The lowest BCUT2D eigenvalue weighted by atomic mass is 10.1. The molecule has 0 spiro atoms. The molecule has 0 radical (unpaired) electrons. The summed E-state index contributed by atoms with van der Waals surface area (Å²) in [4.78, 5) is 12.7. The molecule has 0 unspecified atom stereocenters. The first-order chi connectivity index (χ1) is 6.04. The second-order valence-corrected chi connectivity index (χ2v) is 3.69. The molecule has 0 N–H and O–H groups in total. The Kier molecular flexibility index (Phi) is 13.5. The molecule has 0 saturated heterocycles. The Bertz CT molecular complexity index is 108. The van der Waals surface area contributed by atoms with Gasteiger partial charge in [-0.1, -0.05) is 26.7 Å². The van der Waals surface area contributed by atoms with Gasteiger partial charge in [0, 0.05) is 12.8 Å². The van der Waals surface area contributed by atoms with E-state index in [0.29, 0.717) is 12.2 Å². The number of rotatable bonds is 5. The van der Waals surface area contributed by atoms with E-state index in [-0.39, 0.29) is 0 Å². The maximum absolute atomic E-state index is 10.7. The summed E-state index contributed by atoms with van der Waals surface area (Å²) in [7, 11) is 6.00. The predicted molar refractivity (Wildman–Crippen MR) is 59.1 cm³/mol. The van der Waals surface area contributed by atoms with Gasteiger partial charge in [-0.2, -0.15) is 0 Å². The Morgan fingerprint density at radius 3 is 1.85 bits per heavy atom. The number of unbranched alkanes of at least 4 members (excludes halogenated alkanes) is 2. The van der Waals surface area contributed by atoms with Crippen LogP contribution in [0.5, 0.6) is 0 Å². The van der Waals surface area contributed by atoms with Gasteiger partial charge in [-0.3, -0.25) is 4.79 Å². The summed E-state index contributed by atoms with van der Waals surface area (Å²) < 4.78 is 0. The highest BCUT2D eigenvalue weighted by atomic mass is 16.1. The summed E-state index contributed by atoms with van der Waals surface area (Å²) in [6.07, 6.45) is 5.00. The highest BCUT2D eigenvalue weighted by Gasteiger charge is 1.95. The van der Waals surface area contributed by atoms with Crippen LogP contribution in [0.2, 0.25) is 0 Å². The fourth-order valence-corrected chi connectivity index (χ4v) is 0.749. The molecule has 0 aromatic heterocycles. The van der Waals surface area contributed by atoms with E-state index in [1.165, 1.54) is 12.8 Å². The SMILES string of the molecule is CCCCCC(=O)CC.CN(C)C. The fraction of sp³-hybridized carbons (Fsp3) is 0.909. The second-order valence-electron chi connectivity index (χ2n) is 3.69. The quantitative estimate of drug-likeness (QED) is 0.617. The van der Waals surface area contributed by atoms with E-state index in [2.05, 4.69) is 6.92 Å². The first kappa shape index (κ1) is 15.1. The molecule has 0 aliphatic rings. The molecule has 2 heteroatoms. The van der Waals surface area contributed by atoms with Crippen LogP contribution in [0.1, 0.15) is 46.0 Å². The van der Waals surface area contributed by atoms with Crippen molar-refractivity contribution in [1.29, 1.82) is 0 Å². The van der Waals surface area contributed by atoms with Crippen molar-refractivity contribution in [1.82, 2.24) is 4.90 Å². The van der Waals surface area contributed by atoms with Crippen molar-refractivity contribution in [2.45, 2.75) is 46.0 Å². The van der Waals surface area contributed by atoms with Crippen LogP contribution in [0.3, 0.4) is 0 Å². The normalized spacial score (nSPS) is 9.38. The lowest BCUT2D eigenvalue weighted by molar-refractivity contribution is -0.118. The van der Waals surface area contributed by atoms with Crippen molar-refractivity contribution in [2.75, 3.05) is 21.1 Å². The van der Waals surface area contributed by atoms with Gasteiger partial charge in [-0.25, -0.2) is 0 Å². The van der Waals surface area contributed by atoms with Crippen LogP contribution in [-0.4, -0.2) is 31.8 Å². The number of carbonyl (C=O) groups is 1. The van der Waals surface area contributed by atoms with Gasteiger partial charge in [0.2, 0.25) is 0 Å². The maximum Gasteiger partial charge on any atom is 0.132 e. The van der Waals surface area contributed by atoms with Crippen molar-refractivity contribution >= 4 is 5.78 Å². The average molecular weight is 187 g/mol. The zero-order chi connectivity index (χ0) is 10.7. The molecule has 0 fully saturated rings. The maximum atomic E-state index is 10.7. The molecule has 0 heterocycles. The second kappa shape index (κ2) is 11.6. The molecule has 80 valence electrons. The number of nitrogens with zero attached hydrogens (tertiary/aromatic N) is 1. The summed E-state index contributed by atoms with van der Waals surface area (Å²) in [5, 5.41) is 0. The van der Waals surface area contributed by atoms with E-state index in [1.807, 2.05) is 33.0 Å². The smallest absolute Gasteiger partial charge is 0.132 e. The van der Waals surface area contributed by atoms with Crippen LogP contribution in [0, 0.1) is 0 Å². The van der Waals surface area contributed by atoms with E-state index in [9.17, 15) is 4.79 Å². The van der Waals surface area contributed by atoms with Gasteiger partial charge in [-0.05, 0) is 27.6 Å². The molecular weight excluding hydrogens is 162 g/mol. The van der Waals surface area contributed by atoms with Gasteiger partial charge in [0.15, 0.2) is 0 Å². The number of ketones is 1. The van der Waals surface area contributed by atoms with E-state index in [1.54, 1.807) is 0 Å². The van der Waals surface area contributed by atoms with Crippen LogP contribution in [0.4, 0.5) is 0 Å². The largest absolute Gasteiger partial charge is 0.312 e. The Morgan fingerprint density at radius 1 is 1.08 bits per heavy atom. The Morgan fingerprint density at radius 2 is 1.54 bits per heavy atom. The van der Waals surface area contributed by atoms with Crippen molar-refractivity contribution in [3.8, 4) is 0 Å². The standard InChI is InChI=1S/C8H16O.C3H9N/c1-3-5-6-7-8(9)4-2;1-4(2)3/h3-7H2,1-2H3;1-3H3. The van der Waals surface area contributed by atoms with Crippen molar-refractivity contribution in [3.05, 3.63) is 0 Å². The first-order valence-corrected chi connectivity index (χ1v) is 5.17. The highest BCUT2D eigenvalue weighted by Crippen LogP contribution is 2.00. The lowest BCUT2D eigenvalue weighted by Gasteiger charge is -1.93. The van der Waals surface area contributed by atoms with Crippen molar-refractivity contribution < 1.29 is 4.79 Å². The number of carbonyl (C=O) groups excluding carboxylic acids is 1. The van der Waals surface area contributed by atoms with Crippen LogP contribution in [-0.2, 0) is 4.79 Å². The fourth-order valence-electron chi connectivity index (χ4n) is 0.749. The van der Waals surface area contributed by atoms with Gasteiger partial charge in [-0.15, -0.1) is 0 Å². The van der Waals surface area contributed by atoms with Gasteiger partial charge < -0.3 is 4.90 Å². The number of hydrogen-bond acceptors (Lipinski definition) is 2. The molecule has 0 atom stereocenters. The van der Waals surface area contributed by atoms with E-state index < -0.39 is 0 Å².